The molecule has 1 saturated carbocycles. The number of aryl methyl sites for hydroxylation is 1. The van der Waals surface area contributed by atoms with Gasteiger partial charge in [0.05, 0.1) is 11.5 Å². The number of aromatic carboxylic acids is 1. The zero-order chi connectivity index (χ0) is 16.5. The molecular formula is C15H17NO6. The Bertz CT molecular complexity index is 628. The minimum absolute atomic E-state index is 0.0554. The summed E-state index contributed by atoms with van der Waals surface area (Å²) in [5.74, 6) is -4.63. The van der Waals surface area contributed by atoms with Gasteiger partial charge in [-0.15, -0.1) is 0 Å². The third kappa shape index (κ3) is 3.09. The summed E-state index contributed by atoms with van der Waals surface area (Å²) in [6.45, 7) is 0. The van der Waals surface area contributed by atoms with E-state index < -0.39 is 35.3 Å². The van der Waals surface area contributed by atoms with Gasteiger partial charge in [0.2, 0.25) is 0 Å². The van der Waals surface area contributed by atoms with Gasteiger partial charge >= 0.3 is 17.9 Å². The van der Waals surface area contributed by atoms with E-state index >= 15 is 0 Å². The first-order chi connectivity index (χ1) is 10.3. The molecule has 1 unspecified atom stereocenters. The van der Waals surface area contributed by atoms with Gasteiger partial charge in [-0.1, -0.05) is 12.1 Å². The number of hydrogen-bond acceptors (Lipinski definition) is 4. The van der Waals surface area contributed by atoms with E-state index in [1.54, 1.807) is 12.1 Å². The zero-order valence-electron chi connectivity index (χ0n) is 11.7. The van der Waals surface area contributed by atoms with Gasteiger partial charge < -0.3 is 21.1 Å². The minimum atomic E-state index is -1.61. The quantitative estimate of drug-likeness (QED) is 0.585. The summed E-state index contributed by atoms with van der Waals surface area (Å²) in [6, 6.07) is 6.18. The molecule has 0 spiro atoms. The van der Waals surface area contributed by atoms with Crippen molar-refractivity contribution in [3.63, 3.8) is 0 Å². The molecule has 118 valence electrons. The topological polar surface area (TPSA) is 138 Å². The molecule has 0 amide bonds. The van der Waals surface area contributed by atoms with Crippen LogP contribution in [0.3, 0.4) is 0 Å². The molecule has 22 heavy (non-hydrogen) atoms. The van der Waals surface area contributed by atoms with E-state index in [0.717, 1.165) is 0 Å². The van der Waals surface area contributed by atoms with E-state index in [2.05, 4.69) is 0 Å². The molecule has 1 aliphatic rings. The first-order valence-corrected chi connectivity index (χ1v) is 6.83. The van der Waals surface area contributed by atoms with Gasteiger partial charge in [0.1, 0.15) is 5.54 Å². The van der Waals surface area contributed by atoms with Crippen molar-refractivity contribution in [2.45, 2.75) is 24.8 Å². The lowest BCUT2D eigenvalue weighted by Gasteiger charge is -2.25. The Balaban J connectivity index is 2.10. The molecule has 0 radical (unpaired) electrons. The Morgan fingerprint density at radius 3 is 2.41 bits per heavy atom. The summed E-state index contributed by atoms with van der Waals surface area (Å²) in [6.07, 6.45) is 0.583. The number of hydrogen-bond donors (Lipinski definition) is 4. The van der Waals surface area contributed by atoms with E-state index in [-0.39, 0.29) is 24.8 Å². The van der Waals surface area contributed by atoms with E-state index in [4.69, 9.17) is 15.9 Å². The standard InChI is InChI=1S/C15H17NO6/c16-15(14(21)22,11-7-10(11)13(19)20)5-4-8-2-1-3-9(6-8)12(17)18/h1-3,6,10-11H,4-5,7,16H2,(H,17,18)(H,19,20)(H,21,22)/t10-,11-,15?/m0/s1. The highest BCUT2D eigenvalue weighted by Crippen LogP contribution is 2.47. The normalized spacial score (nSPS) is 22.6. The Labute approximate surface area is 126 Å². The molecular weight excluding hydrogens is 290 g/mol. The van der Waals surface area contributed by atoms with Crippen LogP contribution in [-0.4, -0.2) is 38.8 Å². The second-order valence-electron chi connectivity index (χ2n) is 5.64. The first kappa shape index (κ1) is 16.0. The van der Waals surface area contributed by atoms with E-state index in [1.807, 2.05) is 0 Å². The van der Waals surface area contributed by atoms with Crippen molar-refractivity contribution >= 4 is 17.9 Å². The van der Waals surface area contributed by atoms with Gasteiger partial charge in [0, 0.05) is 5.92 Å². The lowest BCUT2D eigenvalue weighted by molar-refractivity contribution is -0.145. The third-order valence-electron chi connectivity index (χ3n) is 4.17. The van der Waals surface area contributed by atoms with Crippen LogP contribution in [0.1, 0.15) is 28.8 Å². The number of nitrogens with two attached hydrogens (primary N) is 1. The van der Waals surface area contributed by atoms with Crippen molar-refractivity contribution in [1.29, 1.82) is 0 Å². The second-order valence-corrected chi connectivity index (χ2v) is 5.64. The largest absolute Gasteiger partial charge is 0.481 e. The lowest BCUT2D eigenvalue weighted by atomic mass is 9.86. The summed E-state index contributed by atoms with van der Waals surface area (Å²) in [5.41, 5.74) is 5.10. The fourth-order valence-electron chi connectivity index (χ4n) is 2.70. The average molecular weight is 307 g/mol. The highest BCUT2D eigenvalue weighted by atomic mass is 16.4. The number of carboxylic acids is 3. The molecule has 0 saturated heterocycles. The van der Waals surface area contributed by atoms with Crippen molar-refractivity contribution in [1.82, 2.24) is 0 Å². The molecule has 7 heteroatoms. The van der Waals surface area contributed by atoms with Crippen LogP contribution in [0.15, 0.2) is 24.3 Å². The van der Waals surface area contributed by atoms with Gasteiger partial charge in [-0.25, -0.2) is 4.79 Å². The predicted molar refractivity (Wildman–Crippen MR) is 75.5 cm³/mol. The van der Waals surface area contributed by atoms with Crippen molar-refractivity contribution < 1.29 is 29.7 Å². The zero-order valence-corrected chi connectivity index (χ0v) is 11.7. The van der Waals surface area contributed by atoms with Crippen LogP contribution in [0.2, 0.25) is 0 Å². The van der Waals surface area contributed by atoms with E-state index in [0.29, 0.717) is 5.56 Å². The molecule has 1 fully saturated rings. The predicted octanol–water partition coefficient (Wildman–Crippen LogP) is 0.820. The number of carbonyl (C=O) groups is 3. The van der Waals surface area contributed by atoms with E-state index in [9.17, 15) is 19.5 Å². The molecule has 1 aromatic carbocycles. The Kier molecular flexibility index (Phi) is 4.18. The molecule has 0 bridgehead atoms. The summed E-state index contributed by atoms with van der Waals surface area (Å²) < 4.78 is 0. The Morgan fingerprint density at radius 1 is 1.23 bits per heavy atom. The van der Waals surface area contributed by atoms with Gasteiger partial charge in [-0.3, -0.25) is 9.59 Å². The van der Waals surface area contributed by atoms with Crippen molar-refractivity contribution in [2.75, 3.05) is 0 Å². The third-order valence-corrected chi connectivity index (χ3v) is 4.17. The maximum Gasteiger partial charge on any atom is 0.335 e. The first-order valence-electron chi connectivity index (χ1n) is 6.83. The molecule has 0 aromatic heterocycles. The van der Waals surface area contributed by atoms with Gasteiger partial charge in [0.25, 0.3) is 0 Å². The minimum Gasteiger partial charge on any atom is -0.481 e. The highest BCUT2D eigenvalue weighted by molar-refractivity contribution is 5.87. The monoisotopic (exact) mass is 307 g/mol. The van der Waals surface area contributed by atoms with Gasteiger partial charge in [0.15, 0.2) is 0 Å². The molecule has 1 aliphatic carbocycles. The van der Waals surface area contributed by atoms with Crippen molar-refractivity contribution in [2.24, 2.45) is 17.6 Å². The van der Waals surface area contributed by atoms with Crippen LogP contribution in [0, 0.1) is 11.8 Å². The van der Waals surface area contributed by atoms with Gasteiger partial charge in [-0.2, -0.15) is 0 Å². The van der Waals surface area contributed by atoms with Crippen LogP contribution in [-0.2, 0) is 16.0 Å². The number of carboxylic acid groups (broad SMARTS) is 3. The molecule has 0 heterocycles. The molecule has 1 aromatic rings. The SMILES string of the molecule is NC(CCc1cccc(C(=O)O)c1)(C(=O)O)[C@H]1C[C@@H]1C(=O)O. The summed E-state index contributed by atoms with van der Waals surface area (Å²) in [4.78, 5) is 33.3. The molecule has 5 N–H and O–H groups in total. The maximum absolute atomic E-state index is 11.5. The summed E-state index contributed by atoms with van der Waals surface area (Å²) >= 11 is 0. The van der Waals surface area contributed by atoms with Crippen LogP contribution >= 0.6 is 0 Å². The average Bonchev–Trinajstić information content (AvgIpc) is 3.26. The summed E-state index contributed by atoms with van der Waals surface area (Å²) in [5, 5.41) is 27.2. The number of rotatable bonds is 7. The molecule has 7 nitrogen and oxygen atoms in total. The maximum atomic E-state index is 11.5. The Morgan fingerprint density at radius 2 is 1.91 bits per heavy atom. The van der Waals surface area contributed by atoms with Gasteiger partial charge in [-0.05, 0) is 37.0 Å². The van der Waals surface area contributed by atoms with Crippen LogP contribution in [0.25, 0.3) is 0 Å². The van der Waals surface area contributed by atoms with Crippen molar-refractivity contribution in [3.8, 4) is 0 Å². The summed E-state index contributed by atoms with van der Waals surface area (Å²) in [7, 11) is 0. The van der Waals surface area contributed by atoms with E-state index in [1.165, 1.54) is 12.1 Å². The Hall–Kier alpha value is -2.41. The fourth-order valence-corrected chi connectivity index (χ4v) is 2.70. The van der Waals surface area contributed by atoms with Crippen LogP contribution < -0.4 is 5.73 Å². The number of benzene rings is 1. The molecule has 2 rings (SSSR count). The highest BCUT2D eigenvalue weighted by Gasteiger charge is 2.57. The molecule has 0 aliphatic heterocycles. The van der Waals surface area contributed by atoms with Crippen molar-refractivity contribution in [3.05, 3.63) is 35.4 Å². The molecule has 3 atom stereocenters. The number of aliphatic carboxylic acids is 2. The second kappa shape index (κ2) is 5.76. The van der Waals surface area contributed by atoms with Crippen LogP contribution in [0.4, 0.5) is 0 Å². The smallest absolute Gasteiger partial charge is 0.335 e. The van der Waals surface area contributed by atoms with Crippen LogP contribution in [0.5, 0.6) is 0 Å². The lowest BCUT2D eigenvalue weighted by Crippen LogP contribution is -2.51. The fraction of sp³-hybridized carbons (Fsp3) is 0.400.